The molecule has 2 rings (SSSR count). The SMILES string of the molecule is [B]N1C[C@@H]2C(N)[C@@H]2C1. The van der Waals surface area contributed by atoms with E-state index in [-0.39, 0.29) is 0 Å². The molecule has 2 fully saturated rings. The molecule has 2 aliphatic rings. The largest absolute Gasteiger partial charge is 0.353 e. The minimum Gasteiger partial charge on any atom is -0.353 e. The number of hydrogen-bond acceptors (Lipinski definition) is 2. The van der Waals surface area contributed by atoms with Crippen LogP contribution in [0.15, 0.2) is 0 Å². The predicted molar refractivity (Wildman–Crippen MR) is 32.3 cm³/mol. The first-order valence-electron chi connectivity index (χ1n) is 3.04. The first-order valence-corrected chi connectivity index (χ1v) is 3.04. The van der Waals surface area contributed by atoms with E-state index in [0.29, 0.717) is 6.04 Å². The van der Waals surface area contributed by atoms with Crippen LogP contribution in [0, 0.1) is 11.8 Å². The Morgan fingerprint density at radius 1 is 1.38 bits per heavy atom. The molecule has 1 heterocycles. The Labute approximate surface area is 50.5 Å². The third kappa shape index (κ3) is 0.460. The van der Waals surface area contributed by atoms with Gasteiger partial charge in [0, 0.05) is 6.04 Å². The average Bonchev–Trinajstić information content (AvgIpc) is 2.29. The summed E-state index contributed by atoms with van der Waals surface area (Å²) in [5, 5.41) is 0. The van der Waals surface area contributed by atoms with Crippen molar-refractivity contribution < 1.29 is 0 Å². The van der Waals surface area contributed by atoms with Crippen molar-refractivity contribution in [2.75, 3.05) is 13.1 Å². The highest BCUT2D eigenvalue weighted by Gasteiger charge is 2.51. The van der Waals surface area contributed by atoms with Gasteiger partial charge in [-0.2, -0.15) is 0 Å². The van der Waals surface area contributed by atoms with Crippen LogP contribution in [0.25, 0.3) is 0 Å². The quantitative estimate of drug-likeness (QED) is 0.401. The van der Waals surface area contributed by atoms with Crippen LogP contribution in [0.1, 0.15) is 0 Å². The Bertz CT molecular complexity index is 105. The molecule has 42 valence electrons. The summed E-state index contributed by atoms with van der Waals surface area (Å²) >= 11 is 0. The molecule has 2 radical (unpaired) electrons. The second-order valence-corrected chi connectivity index (χ2v) is 2.86. The Balaban J connectivity index is 2.00. The molecule has 0 spiro atoms. The van der Waals surface area contributed by atoms with E-state index in [1.54, 1.807) is 0 Å². The molecule has 0 aromatic heterocycles. The highest BCUT2D eigenvalue weighted by molar-refractivity contribution is 6.04. The molecular weight excluding hydrogens is 98.9 g/mol. The summed E-state index contributed by atoms with van der Waals surface area (Å²) in [7, 11) is 5.50. The Hall–Kier alpha value is -0.0151. The fourth-order valence-electron chi connectivity index (χ4n) is 1.60. The van der Waals surface area contributed by atoms with Crippen LogP contribution in [0.4, 0.5) is 0 Å². The number of fused-ring (bicyclic) bond motifs is 1. The van der Waals surface area contributed by atoms with Crippen LogP contribution in [0.2, 0.25) is 0 Å². The Morgan fingerprint density at radius 3 is 2.25 bits per heavy atom. The monoisotopic (exact) mass is 108 g/mol. The summed E-state index contributed by atoms with van der Waals surface area (Å²) in [5.74, 6) is 1.47. The summed E-state index contributed by atoms with van der Waals surface area (Å²) in [6.07, 6.45) is 0. The topological polar surface area (TPSA) is 29.3 Å². The number of hydrogen-bond donors (Lipinski definition) is 1. The maximum absolute atomic E-state index is 5.65. The van der Waals surface area contributed by atoms with Gasteiger partial charge in [0.2, 0.25) is 0 Å². The van der Waals surface area contributed by atoms with E-state index in [2.05, 4.69) is 0 Å². The maximum atomic E-state index is 5.65. The standard InChI is InChI=1S/C5H9BN2/c6-8-1-3-4(2-8)5(3)7/h3-5H,1-2,7H2/t3-,4+,5?. The Kier molecular flexibility index (Phi) is 0.772. The molecule has 1 aliphatic carbocycles. The molecular formula is C5H9BN2. The van der Waals surface area contributed by atoms with Gasteiger partial charge in [0.1, 0.15) is 0 Å². The van der Waals surface area contributed by atoms with Crippen LogP contribution < -0.4 is 5.73 Å². The van der Waals surface area contributed by atoms with Crippen LogP contribution in [-0.4, -0.2) is 31.9 Å². The number of nitrogens with zero attached hydrogens (tertiary/aromatic N) is 1. The van der Waals surface area contributed by atoms with E-state index in [0.717, 1.165) is 24.9 Å². The number of rotatable bonds is 0. The van der Waals surface area contributed by atoms with Gasteiger partial charge in [-0.15, -0.1) is 0 Å². The summed E-state index contributed by atoms with van der Waals surface area (Å²) in [4.78, 5) is 1.86. The van der Waals surface area contributed by atoms with Crippen molar-refractivity contribution in [1.29, 1.82) is 0 Å². The molecule has 0 aromatic carbocycles. The van der Waals surface area contributed by atoms with Crippen molar-refractivity contribution >= 4 is 7.98 Å². The summed E-state index contributed by atoms with van der Waals surface area (Å²) < 4.78 is 0. The normalized spacial score (nSPS) is 53.9. The van der Waals surface area contributed by atoms with E-state index in [1.807, 2.05) is 4.81 Å². The molecule has 0 bridgehead atoms. The van der Waals surface area contributed by atoms with Crippen LogP contribution >= 0.6 is 0 Å². The minimum absolute atomic E-state index is 0.481. The summed E-state index contributed by atoms with van der Waals surface area (Å²) in [6, 6.07) is 0.481. The van der Waals surface area contributed by atoms with E-state index in [1.165, 1.54) is 0 Å². The Morgan fingerprint density at radius 2 is 1.88 bits per heavy atom. The zero-order valence-electron chi connectivity index (χ0n) is 4.75. The van der Waals surface area contributed by atoms with Crippen molar-refractivity contribution in [3.8, 4) is 0 Å². The van der Waals surface area contributed by atoms with E-state index in [4.69, 9.17) is 13.7 Å². The number of nitrogens with two attached hydrogens (primary N) is 1. The third-order valence-electron chi connectivity index (χ3n) is 2.29. The zero-order chi connectivity index (χ0) is 5.72. The lowest BCUT2D eigenvalue weighted by Crippen LogP contribution is -2.25. The molecule has 2 N–H and O–H groups in total. The molecule has 3 atom stereocenters. The molecule has 8 heavy (non-hydrogen) atoms. The lowest BCUT2D eigenvalue weighted by molar-refractivity contribution is 0.480. The minimum atomic E-state index is 0.481. The summed E-state index contributed by atoms with van der Waals surface area (Å²) in [5.41, 5.74) is 5.65. The van der Waals surface area contributed by atoms with Crippen molar-refractivity contribution in [1.82, 2.24) is 4.81 Å². The second kappa shape index (κ2) is 1.28. The second-order valence-electron chi connectivity index (χ2n) is 2.86. The zero-order valence-corrected chi connectivity index (χ0v) is 4.75. The lowest BCUT2D eigenvalue weighted by Gasteiger charge is -2.10. The molecule has 1 saturated heterocycles. The highest BCUT2D eigenvalue weighted by Crippen LogP contribution is 2.42. The van der Waals surface area contributed by atoms with Crippen LogP contribution in [0.3, 0.4) is 0 Å². The van der Waals surface area contributed by atoms with E-state index >= 15 is 0 Å². The molecule has 0 amide bonds. The molecule has 1 saturated carbocycles. The van der Waals surface area contributed by atoms with Crippen molar-refractivity contribution in [2.24, 2.45) is 17.6 Å². The first kappa shape index (κ1) is 4.83. The van der Waals surface area contributed by atoms with Gasteiger partial charge in [0.05, 0.1) is 0 Å². The van der Waals surface area contributed by atoms with Gasteiger partial charge < -0.3 is 10.5 Å². The van der Waals surface area contributed by atoms with Gasteiger partial charge in [-0.25, -0.2) is 0 Å². The van der Waals surface area contributed by atoms with Crippen LogP contribution in [0.5, 0.6) is 0 Å². The highest BCUT2D eigenvalue weighted by atomic mass is 15.1. The van der Waals surface area contributed by atoms with Gasteiger partial charge in [-0.05, 0) is 24.9 Å². The molecule has 0 aromatic rings. The molecule has 1 unspecified atom stereocenters. The first-order chi connectivity index (χ1) is 3.79. The van der Waals surface area contributed by atoms with Crippen molar-refractivity contribution in [3.63, 3.8) is 0 Å². The fourth-order valence-corrected chi connectivity index (χ4v) is 1.60. The van der Waals surface area contributed by atoms with Crippen LogP contribution in [-0.2, 0) is 0 Å². The van der Waals surface area contributed by atoms with E-state index in [9.17, 15) is 0 Å². The van der Waals surface area contributed by atoms with Crippen molar-refractivity contribution in [3.05, 3.63) is 0 Å². The predicted octanol–water partition coefficient (Wildman–Crippen LogP) is -1.04. The average molecular weight is 108 g/mol. The van der Waals surface area contributed by atoms with Gasteiger partial charge in [-0.3, -0.25) is 0 Å². The van der Waals surface area contributed by atoms with Crippen molar-refractivity contribution in [2.45, 2.75) is 6.04 Å². The molecule has 1 aliphatic heterocycles. The molecule has 2 nitrogen and oxygen atoms in total. The van der Waals surface area contributed by atoms with Gasteiger partial charge >= 0.3 is 0 Å². The maximum Gasteiger partial charge on any atom is 0.182 e. The molecule has 3 heteroatoms. The fraction of sp³-hybridized carbons (Fsp3) is 1.00. The number of piperidine rings is 1. The third-order valence-corrected chi connectivity index (χ3v) is 2.29. The summed E-state index contributed by atoms with van der Waals surface area (Å²) in [6.45, 7) is 2.04. The van der Waals surface area contributed by atoms with E-state index < -0.39 is 0 Å². The lowest BCUT2D eigenvalue weighted by atomic mass is 10.3. The van der Waals surface area contributed by atoms with Gasteiger partial charge in [0.15, 0.2) is 7.98 Å². The van der Waals surface area contributed by atoms with Gasteiger partial charge in [-0.1, -0.05) is 0 Å². The smallest absolute Gasteiger partial charge is 0.182 e. The van der Waals surface area contributed by atoms with Gasteiger partial charge in [0.25, 0.3) is 0 Å².